The van der Waals surface area contributed by atoms with Crippen molar-refractivity contribution in [2.24, 2.45) is 0 Å². The molecular weight excluding hydrogens is 106 g/mol. The van der Waals surface area contributed by atoms with Gasteiger partial charge in [-0.1, -0.05) is 0 Å². The topological polar surface area (TPSA) is 29.1 Å². The average molecular weight is 111 g/mol. The molecule has 0 aliphatic carbocycles. The van der Waals surface area contributed by atoms with Crippen LogP contribution in [0.1, 0.15) is 0 Å². The minimum atomic E-state index is -1.84. The number of ether oxygens (including phenoxy) is 1. The Morgan fingerprint density at radius 3 is 2.29 bits per heavy atom. The summed E-state index contributed by atoms with van der Waals surface area (Å²) in [6, 6.07) is 0. The normalized spacial score (nSPS) is 14.1. The van der Waals surface area contributed by atoms with Crippen molar-refractivity contribution >= 4 is 0 Å². The maximum atomic E-state index is 11.0. The summed E-state index contributed by atoms with van der Waals surface area (Å²) < 4.78 is 25.4. The lowest BCUT2D eigenvalue weighted by molar-refractivity contribution is -0.170. The molecule has 0 N–H and O–H groups in total. The van der Waals surface area contributed by atoms with Gasteiger partial charge in [-0.25, -0.2) is 8.78 Å². The molecule has 0 aliphatic rings. The highest BCUT2D eigenvalue weighted by Gasteiger charge is 2.01. The first-order chi connectivity index (χ1) is 3.31. The maximum Gasteiger partial charge on any atom is 0.222 e. The molecule has 1 atom stereocenters. The molecule has 0 amide bonds. The van der Waals surface area contributed by atoms with Gasteiger partial charge >= 0.3 is 0 Å². The molecule has 0 heterocycles. The average Bonchev–Trinajstić information content (AvgIpc) is 1.68. The third-order valence-corrected chi connectivity index (χ3v) is 0.375. The van der Waals surface area contributed by atoms with Crippen molar-refractivity contribution in [2.45, 2.75) is 6.29 Å². The Hall–Kier alpha value is -0.220. The van der Waals surface area contributed by atoms with E-state index in [1.807, 2.05) is 0 Å². The van der Waals surface area contributed by atoms with Gasteiger partial charge in [0.25, 0.3) is 0 Å². The first kappa shape index (κ1) is 6.78. The van der Waals surface area contributed by atoms with Crippen LogP contribution in [-0.4, -0.2) is 19.8 Å². The Balaban J connectivity index is 2.83. The highest BCUT2D eigenvalue weighted by atomic mass is 19.1. The van der Waals surface area contributed by atoms with E-state index in [4.69, 9.17) is 0 Å². The molecule has 4 heteroatoms. The van der Waals surface area contributed by atoms with E-state index in [-0.39, 0.29) is 0 Å². The molecule has 43 valence electrons. The van der Waals surface area contributed by atoms with Crippen molar-refractivity contribution in [1.29, 1.82) is 0 Å². The van der Waals surface area contributed by atoms with Crippen LogP contribution in [0.3, 0.4) is 0 Å². The minimum Gasteiger partial charge on any atom is -0.316 e. The van der Waals surface area contributed by atoms with E-state index >= 15 is 0 Å². The van der Waals surface area contributed by atoms with E-state index in [0.29, 0.717) is 0 Å². The van der Waals surface area contributed by atoms with E-state index in [1.54, 1.807) is 0 Å². The van der Waals surface area contributed by atoms with Crippen molar-refractivity contribution in [3.05, 3.63) is 0 Å². The molecule has 0 aromatic rings. The van der Waals surface area contributed by atoms with Crippen LogP contribution in [0.5, 0.6) is 0 Å². The Morgan fingerprint density at radius 2 is 2.14 bits per heavy atom. The lowest BCUT2D eigenvalue weighted by Crippen LogP contribution is -2.10. The van der Waals surface area contributed by atoms with Gasteiger partial charge < -0.3 is 4.74 Å². The van der Waals surface area contributed by atoms with Crippen molar-refractivity contribution in [2.75, 3.05) is 13.5 Å². The van der Waals surface area contributed by atoms with E-state index in [1.165, 1.54) is 0 Å². The zero-order valence-corrected chi connectivity index (χ0v) is 3.56. The standard InChI is InChI=1S/C3H5F2O2/c4-1-3(6)7-2-5/h3H,1-2H2. The van der Waals surface area contributed by atoms with Crippen LogP contribution in [0.4, 0.5) is 8.78 Å². The zero-order valence-electron chi connectivity index (χ0n) is 3.56. The van der Waals surface area contributed by atoms with Crippen LogP contribution in [0.15, 0.2) is 0 Å². The number of halogens is 2. The summed E-state index contributed by atoms with van der Waals surface area (Å²) in [5, 5.41) is 9.66. The molecule has 0 saturated carbocycles. The van der Waals surface area contributed by atoms with Gasteiger partial charge in [-0.3, -0.25) is 0 Å². The maximum absolute atomic E-state index is 11.0. The third kappa shape index (κ3) is 3.61. The number of alkyl halides is 2. The Labute approximate surface area is 39.7 Å². The molecular formula is C3H5F2O2. The molecule has 0 aromatic carbocycles. The molecule has 0 aromatic heterocycles. The fourth-order valence-electron chi connectivity index (χ4n) is 0.115. The molecule has 2 nitrogen and oxygen atoms in total. The highest BCUT2D eigenvalue weighted by molar-refractivity contribution is 4.27. The van der Waals surface area contributed by atoms with Crippen LogP contribution in [0.25, 0.3) is 0 Å². The molecule has 1 radical (unpaired) electrons. The predicted octanol–water partition coefficient (Wildman–Crippen LogP) is 0.656. The van der Waals surface area contributed by atoms with Crippen molar-refractivity contribution < 1.29 is 18.6 Å². The second kappa shape index (κ2) is 3.95. The molecule has 0 fully saturated rings. The second-order valence-electron chi connectivity index (χ2n) is 0.860. The summed E-state index contributed by atoms with van der Waals surface area (Å²) in [6.07, 6.45) is -1.84. The van der Waals surface area contributed by atoms with Crippen LogP contribution in [0.2, 0.25) is 0 Å². The van der Waals surface area contributed by atoms with Crippen molar-refractivity contribution in [1.82, 2.24) is 0 Å². The van der Waals surface area contributed by atoms with Gasteiger partial charge in [0, 0.05) is 0 Å². The summed E-state index contributed by atoms with van der Waals surface area (Å²) in [5.74, 6) is 0. The van der Waals surface area contributed by atoms with Gasteiger partial charge in [0.2, 0.25) is 6.29 Å². The summed E-state index contributed by atoms with van der Waals surface area (Å²) in [4.78, 5) is 0. The van der Waals surface area contributed by atoms with Crippen LogP contribution in [0, 0.1) is 0 Å². The molecule has 0 saturated heterocycles. The molecule has 1 unspecified atom stereocenters. The van der Waals surface area contributed by atoms with E-state index in [2.05, 4.69) is 4.74 Å². The summed E-state index contributed by atoms with van der Waals surface area (Å²) >= 11 is 0. The van der Waals surface area contributed by atoms with Gasteiger partial charge in [0.15, 0.2) is 6.86 Å². The predicted molar refractivity (Wildman–Crippen MR) is 17.5 cm³/mol. The zero-order chi connectivity index (χ0) is 5.70. The molecule has 0 spiro atoms. The lowest BCUT2D eigenvalue weighted by Gasteiger charge is -1.97. The minimum absolute atomic E-state index is 1.18. The van der Waals surface area contributed by atoms with Gasteiger partial charge in [-0.2, -0.15) is 5.11 Å². The smallest absolute Gasteiger partial charge is 0.222 e. The summed E-state index contributed by atoms with van der Waals surface area (Å²) in [7, 11) is 0. The second-order valence-corrected chi connectivity index (χ2v) is 0.860. The number of hydrogen-bond donors (Lipinski definition) is 0. The third-order valence-electron chi connectivity index (χ3n) is 0.375. The SMILES string of the molecule is [O]C(CF)OCF. The van der Waals surface area contributed by atoms with E-state index in [9.17, 15) is 13.9 Å². The number of hydrogen-bond acceptors (Lipinski definition) is 1. The Kier molecular flexibility index (Phi) is 3.83. The van der Waals surface area contributed by atoms with Gasteiger partial charge in [-0.15, -0.1) is 0 Å². The van der Waals surface area contributed by atoms with Crippen molar-refractivity contribution in [3.63, 3.8) is 0 Å². The molecule has 7 heavy (non-hydrogen) atoms. The molecule has 0 rings (SSSR count). The quantitative estimate of drug-likeness (QED) is 0.492. The Bertz CT molecular complexity index is 41.9. The van der Waals surface area contributed by atoms with Crippen LogP contribution < -0.4 is 0 Å². The summed E-state index contributed by atoms with van der Waals surface area (Å²) in [5.41, 5.74) is 0. The highest BCUT2D eigenvalue weighted by Crippen LogP contribution is 1.87. The van der Waals surface area contributed by atoms with Gasteiger partial charge in [0.1, 0.15) is 6.67 Å². The fourth-order valence-corrected chi connectivity index (χ4v) is 0.115. The van der Waals surface area contributed by atoms with Gasteiger partial charge in [-0.05, 0) is 0 Å². The van der Waals surface area contributed by atoms with E-state index < -0.39 is 19.8 Å². The van der Waals surface area contributed by atoms with Crippen LogP contribution >= 0.6 is 0 Å². The molecule has 0 aliphatic heterocycles. The lowest BCUT2D eigenvalue weighted by atomic mass is 10.7. The Morgan fingerprint density at radius 1 is 1.57 bits per heavy atom. The van der Waals surface area contributed by atoms with Crippen LogP contribution in [-0.2, 0) is 9.84 Å². The molecule has 0 bridgehead atoms. The largest absolute Gasteiger partial charge is 0.316 e. The summed E-state index contributed by atoms with van der Waals surface area (Å²) in [6.45, 7) is -2.39. The fraction of sp³-hybridized carbons (Fsp3) is 1.00. The van der Waals surface area contributed by atoms with Crippen molar-refractivity contribution in [3.8, 4) is 0 Å². The monoisotopic (exact) mass is 111 g/mol. The first-order valence-electron chi connectivity index (χ1n) is 1.70. The van der Waals surface area contributed by atoms with Gasteiger partial charge in [0.05, 0.1) is 0 Å². The van der Waals surface area contributed by atoms with E-state index in [0.717, 1.165) is 0 Å². The first-order valence-corrected chi connectivity index (χ1v) is 1.70. The number of rotatable bonds is 3.